The van der Waals surface area contributed by atoms with E-state index < -0.39 is 0 Å². The van der Waals surface area contributed by atoms with Gasteiger partial charge in [-0.1, -0.05) is 329 Å². The lowest BCUT2D eigenvalue weighted by atomic mass is 9.87. The second-order valence-electron chi connectivity index (χ2n) is 25.1. The minimum Gasteiger partial charge on any atom is -0.469 e. The van der Waals surface area contributed by atoms with Crippen LogP contribution in [0.1, 0.15) is 86.3 Å². The number of aliphatic hydroxyl groups is 3. The Morgan fingerprint density at radius 1 is 0.328 bits per heavy atom. The molecule has 0 aliphatic carbocycles. The van der Waals surface area contributed by atoms with Crippen molar-refractivity contribution in [3.63, 3.8) is 0 Å². The van der Waals surface area contributed by atoms with E-state index in [1.54, 1.807) is 42.7 Å². The second-order valence-corrected chi connectivity index (χ2v) is 34.7. The van der Waals surface area contributed by atoms with E-state index in [2.05, 4.69) is 283 Å². The molecule has 2 bridgehead atoms. The zero-order chi connectivity index (χ0) is 89.2. The quantitative estimate of drug-likeness (QED) is 0.0539. The van der Waals surface area contributed by atoms with E-state index in [0.717, 1.165) is 40.5 Å². The second kappa shape index (κ2) is 106. The smallest absolute Gasteiger partial charge is 0.302 e. The molecule has 3 atom stereocenters. The molecule has 0 aromatic heterocycles. The Morgan fingerprint density at radius 3 is 0.672 bits per heavy atom. The Kier molecular flexibility index (Phi) is 114. The molecule has 2 heterocycles. The number of aliphatic hydroxyl groups excluding tert-OH is 3. The summed E-state index contributed by atoms with van der Waals surface area (Å²) in [5.41, 5.74) is 8.85. The standard InChI is InChI=1S/C11H22O2Si.3C8H12Si.3C7H10Si.3C6H8Si.3C3H6O2.3C2H6O.3CH4O/c14-7-1-5-12-6-4-9-8-10-2-3-11(9)13-10;3*9-7-6-8-4-2-1-3-5-8;3*8-6-7-4-2-1-3-5-7;3*7-6-4-2-1-3-5-6;3*1-3(4)5-2;3*1-3-2;3*1-2/h9-11H,1-8H2,14H3;3*1-5H,6-7H2,9H3;3*1-5H,6H2,8H3;3*1-5H,7H3;3*1-2H3;3*1-2H3;3*2H,1H3. The van der Waals surface area contributed by atoms with Crippen molar-refractivity contribution in [2.45, 2.75) is 127 Å². The largest absolute Gasteiger partial charge is 0.469 e. The highest BCUT2D eigenvalue weighted by Crippen LogP contribution is 2.40. The van der Waals surface area contributed by atoms with Gasteiger partial charge >= 0.3 is 17.9 Å². The monoisotopic (exact) mass is 1770 g/mol. The van der Waals surface area contributed by atoms with Crippen molar-refractivity contribution in [3.05, 3.63) is 306 Å². The van der Waals surface area contributed by atoms with Crippen molar-refractivity contribution in [2.24, 2.45) is 5.92 Å². The zero-order valence-electron chi connectivity index (χ0n) is 76.6. The molecule has 116 heavy (non-hydrogen) atoms. The predicted molar refractivity (Wildman–Crippen MR) is 540 cm³/mol. The van der Waals surface area contributed by atoms with Crippen LogP contribution >= 0.6 is 0 Å². The van der Waals surface area contributed by atoms with Gasteiger partial charge in [-0.25, -0.2) is 0 Å². The highest BCUT2D eigenvalue weighted by molar-refractivity contribution is 6.32. The number of esters is 3. The zero-order valence-corrected chi connectivity index (χ0v) is 96.6. The molecule has 0 radical (unpaired) electrons. The van der Waals surface area contributed by atoms with Gasteiger partial charge in [0.25, 0.3) is 0 Å². The molecule has 2 aliphatic heterocycles. The fourth-order valence-corrected chi connectivity index (χ4v) is 13.8. The van der Waals surface area contributed by atoms with E-state index in [9.17, 15) is 14.4 Å². The van der Waals surface area contributed by atoms with E-state index >= 15 is 0 Å². The Hall–Kier alpha value is -6.76. The molecule has 24 heteroatoms. The summed E-state index contributed by atoms with van der Waals surface area (Å²) in [7, 11) is 29.4. The van der Waals surface area contributed by atoms with Gasteiger partial charge in [0.2, 0.25) is 0 Å². The SMILES string of the molecule is CO.CO.CO.COC.COC.COC.COC(C)=O.COC(C)=O.COC(C)=O.[SiH3]CCCOCCC1CC2CCC1O2.[SiH3]CCc1ccccc1.[SiH3]CCc1ccccc1.[SiH3]CCc1ccccc1.[SiH3]Cc1ccccc1.[SiH3]Cc1ccccc1.[SiH3]Cc1ccccc1.[SiH3]c1ccccc1.[SiH3]c1ccccc1.[SiH3]c1ccccc1. The van der Waals surface area contributed by atoms with Gasteiger partial charge in [0.1, 0.15) is 0 Å². The van der Waals surface area contributed by atoms with E-state index in [1.807, 2.05) is 18.2 Å². The van der Waals surface area contributed by atoms with Gasteiger partial charge in [0, 0.05) is 200 Å². The molecule has 0 saturated carbocycles. The van der Waals surface area contributed by atoms with Crippen molar-refractivity contribution in [2.75, 3.05) is 98.5 Å². The number of ether oxygens (including phenoxy) is 8. The summed E-state index contributed by atoms with van der Waals surface area (Å²) in [6.45, 7) is 6.02. The fraction of sp³-hybridized carbons (Fsp3) is 0.380. The van der Waals surface area contributed by atoms with Crippen LogP contribution in [0.15, 0.2) is 273 Å². The first-order valence-corrected chi connectivity index (χ1v) is 53.3. The van der Waals surface area contributed by atoms with E-state index in [4.69, 9.17) is 24.8 Å². The van der Waals surface area contributed by atoms with Crippen molar-refractivity contribution >= 4 is 136 Å². The van der Waals surface area contributed by atoms with Gasteiger partial charge < -0.3 is 53.2 Å². The summed E-state index contributed by atoms with van der Waals surface area (Å²) in [4.78, 5) is 28.8. The summed E-state index contributed by atoms with van der Waals surface area (Å²) in [5, 5.41) is 25.4. The van der Waals surface area contributed by atoms with Crippen LogP contribution in [0.3, 0.4) is 0 Å². The molecular formula is C92H160O14Si10. The van der Waals surface area contributed by atoms with Crippen LogP contribution in [0.5, 0.6) is 0 Å². The Morgan fingerprint density at radius 2 is 0.534 bits per heavy atom. The van der Waals surface area contributed by atoms with Crippen LogP contribution in [0.4, 0.5) is 0 Å². The number of benzene rings is 9. The summed E-state index contributed by atoms with van der Waals surface area (Å²) >= 11 is 0. The normalized spacial score (nSPS) is 11.7. The number of fused-ring (bicyclic) bond motifs is 2. The molecule has 2 saturated heterocycles. The molecule has 14 nitrogen and oxygen atoms in total. The topological polar surface area (TPSA) is 186 Å². The average molecular weight is 1770 g/mol. The molecule has 3 N–H and O–H groups in total. The van der Waals surface area contributed by atoms with Crippen molar-refractivity contribution in [1.82, 2.24) is 0 Å². The third-order valence-electron chi connectivity index (χ3n) is 15.1. The lowest BCUT2D eigenvalue weighted by Crippen LogP contribution is -2.18. The third-order valence-corrected chi connectivity index (χ3v) is 21.7. The maximum Gasteiger partial charge on any atom is 0.302 e. The van der Waals surface area contributed by atoms with Crippen molar-refractivity contribution < 1.29 is 67.6 Å². The highest BCUT2D eigenvalue weighted by Gasteiger charge is 2.40. The van der Waals surface area contributed by atoms with Crippen LogP contribution in [0.25, 0.3) is 0 Å². The summed E-state index contributed by atoms with van der Waals surface area (Å²) in [6, 6.07) is 105. The molecule has 9 aromatic rings. The average Bonchev–Trinajstić information content (AvgIpc) is 1.68. The van der Waals surface area contributed by atoms with Crippen LogP contribution in [0.2, 0.25) is 24.2 Å². The van der Waals surface area contributed by atoms with Gasteiger partial charge in [0.15, 0.2) is 0 Å². The highest BCUT2D eigenvalue weighted by atomic mass is 28.2. The van der Waals surface area contributed by atoms with Gasteiger partial charge in [-0.05, 0) is 92.1 Å². The van der Waals surface area contributed by atoms with Crippen molar-refractivity contribution in [1.29, 1.82) is 0 Å². The van der Waals surface area contributed by atoms with Gasteiger partial charge in [-0.15, -0.1) is 0 Å². The van der Waals surface area contributed by atoms with Crippen molar-refractivity contribution in [3.8, 4) is 0 Å². The maximum atomic E-state index is 9.59. The third kappa shape index (κ3) is 99.6. The Labute approximate surface area is 735 Å². The summed E-state index contributed by atoms with van der Waals surface area (Å²) in [5.74, 6) is 0.0738. The Bertz CT molecular complexity index is 2960. The molecule has 2 fully saturated rings. The minimum atomic E-state index is -0.245. The molecule has 9 aromatic carbocycles. The number of methoxy groups -OCH3 is 6. The van der Waals surface area contributed by atoms with Crippen LogP contribution in [-0.2, 0) is 89.7 Å². The molecule has 11 rings (SSSR count). The molecule has 3 unspecified atom stereocenters. The van der Waals surface area contributed by atoms with Gasteiger partial charge in [-0.3, -0.25) is 14.4 Å². The lowest BCUT2D eigenvalue weighted by Gasteiger charge is -2.18. The van der Waals surface area contributed by atoms with E-state index in [-0.39, 0.29) is 17.9 Å². The molecule has 652 valence electrons. The molecule has 0 spiro atoms. The molecular weight excluding hydrogens is 1610 g/mol. The van der Waals surface area contributed by atoms with Crippen LogP contribution < -0.4 is 15.6 Å². The number of rotatable bonds is 15. The van der Waals surface area contributed by atoms with Crippen LogP contribution in [0, 0.1) is 5.92 Å². The number of hydrogen-bond acceptors (Lipinski definition) is 14. The maximum absolute atomic E-state index is 9.59. The molecule has 2 aliphatic rings. The minimum absolute atomic E-state index is 0.245. The van der Waals surface area contributed by atoms with E-state index in [1.165, 1.54) is 287 Å². The number of aryl methyl sites for hydroxylation is 3. The predicted octanol–water partition coefficient (Wildman–Crippen LogP) is 5.01. The first kappa shape index (κ1) is 125. The van der Waals surface area contributed by atoms with Crippen LogP contribution in [-0.4, -0.2) is 246 Å². The first-order valence-electron chi connectivity index (χ1n) is 40.4. The molecule has 0 amide bonds. The summed E-state index contributed by atoms with van der Waals surface area (Å²) in [6.07, 6.45) is 11.4. The number of carbonyl (C=O) groups excluding carboxylic acids is 3. The number of carbonyl (C=O) groups is 3. The Balaban J connectivity index is -0.000000180. The van der Waals surface area contributed by atoms with Gasteiger partial charge in [-0.2, -0.15) is 0 Å². The summed E-state index contributed by atoms with van der Waals surface area (Å²) < 4.78 is 36.5. The first-order chi connectivity index (χ1) is 56.2. The fourth-order valence-electron chi connectivity index (χ4n) is 9.17. The lowest BCUT2D eigenvalue weighted by molar-refractivity contribution is -0.138. The van der Waals surface area contributed by atoms with Gasteiger partial charge in [0.05, 0.1) is 33.5 Å². The van der Waals surface area contributed by atoms with E-state index in [0.29, 0.717) is 12.2 Å². The number of hydrogen-bond donors (Lipinski definition) is 3.